The zero-order valence-electron chi connectivity index (χ0n) is 17.0. The van der Waals surface area contributed by atoms with Crippen molar-refractivity contribution in [3.63, 3.8) is 0 Å². The summed E-state index contributed by atoms with van der Waals surface area (Å²) in [7, 11) is 0. The van der Waals surface area contributed by atoms with E-state index >= 15 is 0 Å². The molecule has 31 heavy (non-hydrogen) atoms. The molecule has 2 aromatic heterocycles. The lowest BCUT2D eigenvalue weighted by Gasteiger charge is -2.34. The number of para-hydroxylation sites is 2. The predicted octanol–water partition coefficient (Wildman–Crippen LogP) is 3.41. The van der Waals surface area contributed by atoms with E-state index in [0.29, 0.717) is 31.0 Å². The lowest BCUT2D eigenvalue weighted by atomic mass is 10.2. The van der Waals surface area contributed by atoms with Crippen LogP contribution >= 0.6 is 0 Å². The Hall–Kier alpha value is -3.58. The van der Waals surface area contributed by atoms with E-state index in [1.54, 1.807) is 6.07 Å². The van der Waals surface area contributed by atoms with E-state index in [2.05, 4.69) is 10.2 Å². The number of furan rings is 1. The van der Waals surface area contributed by atoms with Gasteiger partial charge in [-0.15, -0.1) is 0 Å². The molecule has 1 amide bonds. The Morgan fingerprint density at radius 2 is 1.65 bits per heavy atom. The van der Waals surface area contributed by atoms with Crippen LogP contribution in [0, 0.1) is 0 Å². The second kappa shape index (κ2) is 8.28. The molecule has 7 nitrogen and oxygen atoms in total. The summed E-state index contributed by atoms with van der Waals surface area (Å²) in [6.07, 6.45) is 0. The monoisotopic (exact) mass is 417 g/mol. The van der Waals surface area contributed by atoms with Gasteiger partial charge in [0.25, 0.3) is 5.91 Å². The van der Waals surface area contributed by atoms with Gasteiger partial charge in [0.05, 0.1) is 5.69 Å². The van der Waals surface area contributed by atoms with Crippen molar-refractivity contribution >= 4 is 33.5 Å². The third-order valence-corrected chi connectivity index (χ3v) is 5.69. The van der Waals surface area contributed by atoms with Crippen LogP contribution < -0.4 is 10.9 Å². The first kappa shape index (κ1) is 19.4. The second-order valence-corrected chi connectivity index (χ2v) is 7.68. The number of benzene rings is 2. The number of nitrogens with one attached hydrogen (secondary N) is 1. The highest BCUT2D eigenvalue weighted by molar-refractivity contribution is 5.96. The Bertz CT molecular complexity index is 1250. The van der Waals surface area contributed by atoms with E-state index < -0.39 is 0 Å². The number of amides is 1. The number of fused-ring (bicyclic) bond motifs is 2. The topological polar surface area (TPSA) is 78.9 Å². The smallest absolute Gasteiger partial charge is 0.338 e. The van der Waals surface area contributed by atoms with Gasteiger partial charge in [-0.05, 0) is 24.3 Å². The summed E-state index contributed by atoms with van der Waals surface area (Å²) in [4.78, 5) is 28.7. The number of carbonyl (C=O) groups excluding carboxylic acids is 1. The van der Waals surface area contributed by atoms with Crippen LogP contribution in [0.2, 0.25) is 0 Å². The fourth-order valence-corrected chi connectivity index (χ4v) is 4.02. The molecule has 0 radical (unpaired) electrons. The highest BCUT2D eigenvalue weighted by Crippen LogP contribution is 2.22. The molecule has 1 saturated heterocycles. The number of nitrogens with zero attached hydrogens (tertiary/aromatic N) is 2. The van der Waals surface area contributed by atoms with Gasteiger partial charge in [0.2, 0.25) is 0 Å². The van der Waals surface area contributed by atoms with Crippen LogP contribution in [0.15, 0.2) is 74.3 Å². The number of carbonyl (C=O) groups is 1. The summed E-state index contributed by atoms with van der Waals surface area (Å²) in [5.74, 6) is 0.336. The van der Waals surface area contributed by atoms with E-state index in [-0.39, 0.29) is 11.5 Å². The summed E-state index contributed by atoms with van der Waals surface area (Å²) in [6, 6.07) is 18.5. The molecule has 0 atom stereocenters. The minimum absolute atomic E-state index is 0.0588. The number of hydrogen-bond acceptors (Lipinski definition) is 6. The van der Waals surface area contributed by atoms with Crippen LogP contribution in [0.25, 0.3) is 21.9 Å². The van der Waals surface area contributed by atoms with Gasteiger partial charge in [-0.1, -0.05) is 30.3 Å². The highest BCUT2D eigenvalue weighted by atomic mass is 16.4. The van der Waals surface area contributed by atoms with E-state index in [9.17, 15) is 9.59 Å². The minimum Gasteiger partial charge on any atom is -0.451 e. The Kier molecular flexibility index (Phi) is 5.18. The van der Waals surface area contributed by atoms with Gasteiger partial charge in [0, 0.05) is 56.1 Å². The van der Waals surface area contributed by atoms with Crippen LogP contribution in [0.1, 0.15) is 10.6 Å². The second-order valence-electron chi connectivity index (χ2n) is 7.68. The Balaban J connectivity index is 1.15. The van der Waals surface area contributed by atoms with Gasteiger partial charge in [-0.25, -0.2) is 4.79 Å². The van der Waals surface area contributed by atoms with Gasteiger partial charge in [0.1, 0.15) is 11.2 Å². The maximum Gasteiger partial charge on any atom is 0.338 e. The number of anilines is 1. The zero-order chi connectivity index (χ0) is 21.2. The maximum atomic E-state index is 12.8. The van der Waals surface area contributed by atoms with Crippen molar-refractivity contribution in [2.45, 2.75) is 0 Å². The number of hydrogen-bond donors (Lipinski definition) is 1. The van der Waals surface area contributed by atoms with E-state index in [1.807, 2.05) is 53.4 Å². The third-order valence-electron chi connectivity index (χ3n) is 5.69. The van der Waals surface area contributed by atoms with Crippen LogP contribution in [-0.2, 0) is 0 Å². The van der Waals surface area contributed by atoms with Gasteiger partial charge in [0.15, 0.2) is 5.76 Å². The largest absolute Gasteiger partial charge is 0.451 e. The quantitative estimate of drug-likeness (QED) is 0.502. The molecule has 1 aliphatic heterocycles. The first-order valence-electron chi connectivity index (χ1n) is 10.4. The number of piperazine rings is 1. The van der Waals surface area contributed by atoms with Crippen molar-refractivity contribution in [1.29, 1.82) is 0 Å². The van der Waals surface area contributed by atoms with Crippen molar-refractivity contribution in [2.24, 2.45) is 0 Å². The van der Waals surface area contributed by atoms with E-state index in [0.717, 1.165) is 41.7 Å². The average Bonchev–Trinajstić information content (AvgIpc) is 3.23. The Morgan fingerprint density at radius 3 is 2.45 bits per heavy atom. The van der Waals surface area contributed by atoms with E-state index in [4.69, 9.17) is 8.83 Å². The first-order valence-corrected chi connectivity index (χ1v) is 10.4. The van der Waals surface area contributed by atoms with Gasteiger partial charge in [-0.2, -0.15) is 0 Å². The summed E-state index contributed by atoms with van der Waals surface area (Å²) < 4.78 is 11.0. The molecule has 0 spiro atoms. The van der Waals surface area contributed by atoms with Crippen LogP contribution in [0.4, 0.5) is 5.69 Å². The highest BCUT2D eigenvalue weighted by Gasteiger charge is 2.24. The van der Waals surface area contributed by atoms with Crippen molar-refractivity contribution in [3.05, 3.63) is 76.8 Å². The minimum atomic E-state index is -0.362. The molecule has 0 unspecified atom stereocenters. The van der Waals surface area contributed by atoms with Crippen molar-refractivity contribution in [1.82, 2.24) is 9.80 Å². The van der Waals surface area contributed by atoms with Gasteiger partial charge >= 0.3 is 5.63 Å². The molecule has 4 aromatic rings. The molecule has 1 N–H and O–H groups in total. The van der Waals surface area contributed by atoms with E-state index in [1.165, 1.54) is 6.07 Å². The fourth-order valence-electron chi connectivity index (χ4n) is 4.02. The molecule has 0 saturated carbocycles. The lowest BCUT2D eigenvalue weighted by Crippen LogP contribution is -2.49. The summed E-state index contributed by atoms with van der Waals surface area (Å²) >= 11 is 0. The Labute approximate surface area is 178 Å². The third kappa shape index (κ3) is 4.04. The first-order chi connectivity index (χ1) is 15.2. The van der Waals surface area contributed by atoms with Crippen molar-refractivity contribution in [3.8, 4) is 0 Å². The van der Waals surface area contributed by atoms with Crippen LogP contribution in [-0.4, -0.2) is 55.0 Å². The molecule has 2 aromatic carbocycles. The average molecular weight is 417 g/mol. The lowest BCUT2D eigenvalue weighted by molar-refractivity contribution is 0.0613. The van der Waals surface area contributed by atoms with Crippen molar-refractivity contribution in [2.75, 3.05) is 44.6 Å². The molecule has 0 bridgehead atoms. The van der Waals surface area contributed by atoms with Crippen LogP contribution in [0.5, 0.6) is 0 Å². The fraction of sp³-hybridized carbons (Fsp3) is 0.250. The predicted molar refractivity (Wildman–Crippen MR) is 120 cm³/mol. The maximum absolute atomic E-state index is 12.8. The standard InChI is InChI=1S/C24H23N3O4/c28-23-16-19(18-6-2-4-8-21(18)31-23)25-9-10-26-11-13-27(14-12-26)24(29)22-15-17-5-1-3-7-20(17)30-22/h1-8,15-16,25H,9-14H2. The Morgan fingerprint density at radius 1 is 0.903 bits per heavy atom. The van der Waals surface area contributed by atoms with Gasteiger partial charge < -0.3 is 19.1 Å². The molecule has 1 aliphatic rings. The summed E-state index contributed by atoms with van der Waals surface area (Å²) in [5, 5.41) is 5.19. The molecule has 7 heteroatoms. The molecule has 158 valence electrons. The van der Waals surface area contributed by atoms with Crippen LogP contribution in [0.3, 0.4) is 0 Å². The number of rotatable bonds is 5. The normalized spacial score (nSPS) is 14.9. The van der Waals surface area contributed by atoms with Crippen molar-refractivity contribution < 1.29 is 13.6 Å². The molecule has 3 heterocycles. The molecule has 1 fully saturated rings. The summed E-state index contributed by atoms with van der Waals surface area (Å²) in [5.41, 5.74) is 1.73. The SMILES string of the molecule is O=C(c1cc2ccccc2o1)N1CCN(CCNc2cc(=O)oc3ccccc23)CC1. The molecular formula is C24H23N3O4. The zero-order valence-corrected chi connectivity index (χ0v) is 17.0. The molecule has 5 rings (SSSR count). The van der Waals surface area contributed by atoms with Gasteiger partial charge in [-0.3, -0.25) is 9.69 Å². The summed E-state index contributed by atoms with van der Waals surface area (Å²) in [6.45, 7) is 4.43. The molecular weight excluding hydrogens is 394 g/mol. The molecule has 0 aliphatic carbocycles.